The Kier molecular flexibility index (Phi) is 6.48. The smallest absolute Gasteiger partial charge is 0.261 e. The molecule has 1 aliphatic rings. The Morgan fingerprint density at radius 1 is 1.17 bits per heavy atom. The monoisotopic (exact) mass is 433 g/mol. The largest absolute Gasteiger partial charge is 0.386 e. The molecule has 0 radical (unpaired) electrons. The van der Waals surface area contributed by atoms with Crippen LogP contribution in [0.1, 0.15) is 10.4 Å². The number of aromatic nitrogens is 3. The lowest BCUT2D eigenvalue weighted by Gasteiger charge is -2.27. The van der Waals surface area contributed by atoms with Crippen molar-refractivity contribution in [2.75, 3.05) is 48.8 Å². The first-order valence-electron chi connectivity index (χ1n) is 9.18. The molecule has 1 saturated heterocycles. The number of anilines is 3. The van der Waals surface area contributed by atoms with Gasteiger partial charge in [0.2, 0.25) is 5.95 Å². The molecule has 3 aromatic rings. The molecule has 1 fully saturated rings. The first-order chi connectivity index (χ1) is 14.0. The van der Waals surface area contributed by atoms with Crippen LogP contribution in [0.15, 0.2) is 35.4 Å². The number of nitrogens with one attached hydrogen (secondary N) is 4. The van der Waals surface area contributed by atoms with Crippen LogP contribution in [0.2, 0.25) is 0 Å². The van der Waals surface area contributed by atoms with Crippen molar-refractivity contribution in [1.82, 2.24) is 20.3 Å². The van der Waals surface area contributed by atoms with Crippen LogP contribution < -0.4 is 26.4 Å². The molecule has 1 amide bonds. The molecule has 30 heavy (non-hydrogen) atoms. The molecule has 0 unspecified atom stereocenters. The maximum atomic E-state index is 13.8. The van der Waals surface area contributed by atoms with Gasteiger partial charge in [0.05, 0.1) is 29.3 Å². The number of rotatable bonds is 4. The summed E-state index contributed by atoms with van der Waals surface area (Å²) in [5.74, 6) is -0.512. The van der Waals surface area contributed by atoms with Crippen LogP contribution in [-0.2, 0) is 0 Å². The fourth-order valence-corrected chi connectivity index (χ4v) is 3.26. The highest BCUT2D eigenvalue weighted by Gasteiger charge is 2.16. The van der Waals surface area contributed by atoms with Gasteiger partial charge in [0.1, 0.15) is 11.4 Å². The summed E-state index contributed by atoms with van der Waals surface area (Å²) in [7, 11) is 1.62. The molecular weight excluding hydrogens is 413 g/mol. The number of halogens is 2. The fraction of sp³-hybridized carbons (Fsp3) is 0.263. The third-order valence-electron chi connectivity index (χ3n) is 4.73. The maximum Gasteiger partial charge on any atom is 0.261 e. The maximum absolute atomic E-state index is 13.8. The van der Waals surface area contributed by atoms with E-state index in [0.717, 1.165) is 26.2 Å². The Morgan fingerprint density at radius 2 is 1.87 bits per heavy atom. The van der Waals surface area contributed by atoms with Crippen molar-refractivity contribution in [2.24, 2.45) is 0 Å². The molecule has 1 aliphatic heterocycles. The molecule has 0 atom stereocenters. The average molecular weight is 434 g/mol. The molecule has 11 heteroatoms. The molecule has 9 nitrogen and oxygen atoms in total. The van der Waals surface area contributed by atoms with E-state index in [1.165, 1.54) is 30.6 Å². The van der Waals surface area contributed by atoms with Crippen LogP contribution in [0.4, 0.5) is 21.7 Å². The molecule has 2 aromatic heterocycles. The second-order valence-corrected chi connectivity index (χ2v) is 6.64. The molecule has 4 rings (SSSR count). The lowest BCUT2D eigenvalue weighted by Crippen LogP contribution is -2.44. The van der Waals surface area contributed by atoms with E-state index in [4.69, 9.17) is 0 Å². The first kappa shape index (κ1) is 21.5. The van der Waals surface area contributed by atoms with E-state index >= 15 is 0 Å². The summed E-state index contributed by atoms with van der Waals surface area (Å²) >= 11 is 0. The summed E-state index contributed by atoms with van der Waals surface area (Å²) in [6.45, 7) is 3.34. The summed E-state index contributed by atoms with van der Waals surface area (Å²) in [5.41, 5.74) is 0.524. The Balaban J connectivity index is 0.00000256. The topological polar surface area (TPSA) is 115 Å². The van der Waals surface area contributed by atoms with Gasteiger partial charge in [0.25, 0.3) is 11.5 Å². The highest BCUT2D eigenvalue weighted by molar-refractivity contribution is 6.06. The second kappa shape index (κ2) is 9.06. The molecule has 0 aliphatic carbocycles. The average Bonchev–Trinajstić information content (AvgIpc) is 2.74. The Morgan fingerprint density at radius 3 is 2.53 bits per heavy atom. The highest BCUT2D eigenvalue weighted by atomic mass is 35.5. The molecule has 1 aromatic carbocycles. The molecular formula is C19H21ClFN7O2. The van der Waals surface area contributed by atoms with E-state index in [1.807, 2.05) is 4.90 Å². The van der Waals surface area contributed by atoms with Crippen LogP contribution >= 0.6 is 12.4 Å². The van der Waals surface area contributed by atoms with Gasteiger partial charge in [0, 0.05) is 38.6 Å². The standard InChI is InChI=1S/C19H20FN7O2.ClH/c1-21-15-8-12(20)6-11-7-14(18(29)26-16(11)15)17(28)25-13-9-23-19(24-10-13)27-4-2-22-3-5-27;/h6-10,21-22H,2-5H2,1H3,(H,25,28)(H,26,29);1H. The van der Waals surface area contributed by atoms with Gasteiger partial charge in [-0.2, -0.15) is 0 Å². The fourth-order valence-electron chi connectivity index (χ4n) is 3.26. The van der Waals surface area contributed by atoms with Gasteiger partial charge < -0.3 is 25.8 Å². The number of nitrogens with zero attached hydrogens (tertiary/aromatic N) is 3. The summed E-state index contributed by atoms with van der Waals surface area (Å²) in [4.78, 5) is 38.2. The van der Waals surface area contributed by atoms with Crippen LogP contribution in [0.3, 0.4) is 0 Å². The molecule has 158 valence electrons. The number of pyridine rings is 1. The van der Waals surface area contributed by atoms with Gasteiger partial charge in [-0.15, -0.1) is 12.4 Å². The number of carbonyl (C=O) groups excluding carboxylic acids is 1. The minimum Gasteiger partial charge on any atom is -0.386 e. The van der Waals surface area contributed by atoms with E-state index in [9.17, 15) is 14.0 Å². The number of aromatic amines is 1. The van der Waals surface area contributed by atoms with Crippen molar-refractivity contribution in [1.29, 1.82) is 0 Å². The summed E-state index contributed by atoms with van der Waals surface area (Å²) in [6, 6.07) is 3.90. The Bertz CT molecular complexity index is 1110. The van der Waals surface area contributed by atoms with Crippen LogP contribution in [-0.4, -0.2) is 54.1 Å². The van der Waals surface area contributed by atoms with Crippen molar-refractivity contribution in [3.8, 4) is 0 Å². The van der Waals surface area contributed by atoms with Crippen LogP contribution in [0, 0.1) is 5.82 Å². The van der Waals surface area contributed by atoms with E-state index < -0.39 is 17.3 Å². The lowest BCUT2D eigenvalue weighted by molar-refractivity contribution is 0.102. The third-order valence-corrected chi connectivity index (χ3v) is 4.73. The van der Waals surface area contributed by atoms with Crippen LogP contribution in [0.5, 0.6) is 0 Å². The number of hydrogen-bond donors (Lipinski definition) is 4. The summed E-state index contributed by atoms with van der Waals surface area (Å²) in [5, 5.41) is 9.10. The van der Waals surface area contributed by atoms with E-state index in [-0.39, 0.29) is 18.0 Å². The minimum absolute atomic E-state index is 0. The number of carbonyl (C=O) groups is 1. The van der Waals surface area contributed by atoms with Crippen molar-refractivity contribution in [3.63, 3.8) is 0 Å². The molecule has 0 bridgehead atoms. The van der Waals surface area contributed by atoms with Gasteiger partial charge >= 0.3 is 0 Å². The number of piperazine rings is 1. The third kappa shape index (κ3) is 4.34. The number of fused-ring (bicyclic) bond motifs is 1. The SMILES string of the molecule is CNc1cc(F)cc2cc(C(=O)Nc3cnc(N4CCNCC4)nc3)c(=O)[nH]c12.Cl. The number of hydrogen-bond acceptors (Lipinski definition) is 7. The van der Waals surface area contributed by atoms with Crippen molar-refractivity contribution in [2.45, 2.75) is 0 Å². The molecule has 0 saturated carbocycles. The zero-order valence-electron chi connectivity index (χ0n) is 16.2. The Labute approximate surface area is 177 Å². The van der Waals surface area contributed by atoms with Gasteiger partial charge in [-0.1, -0.05) is 0 Å². The Hall–Kier alpha value is -3.24. The van der Waals surface area contributed by atoms with E-state index in [1.54, 1.807) is 7.05 Å². The zero-order chi connectivity index (χ0) is 20.4. The zero-order valence-corrected chi connectivity index (χ0v) is 17.0. The minimum atomic E-state index is -0.623. The van der Waals surface area contributed by atoms with Gasteiger partial charge in [0.15, 0.2) is 0 Å². The predicted octanol–water partition coefficient (Wildman–Crippen LogP) is 1.58. The van der Waals surface area contributed by atoms with Gasteiger partial charge in [-0.25, -0.2) is 14.4 Å². The van der Waals surface area contributed by atoms with Gasteiger partial charge in [-0.05, 0) is 18.2 Å². The first-order valence-corrected chi connectivity index (χ1v) is 9.18. The van der Waals surface area contributed by atoms with Crippen molar-refractivity contribution in [3.05, 3.63) is 52.3 Å². The second-order valence-electron chi connectivity index (χ2n) is 6.64. The number of amides is 1. The quantitative estimate of drug-likeness (QED) is 0.493. The lowest BCUT2D eigenvalue weighted by atomic mass is 10.1. The van der Waals surface area contributed by atoms with Gasteiger partial charge in [-0.3, -0.25) is 9.59 Å². The normalized spacial score (nSPS) is 13.6. The van der Waals surface area contributed by atoms with Crippen molar-refractivity contribution < 1.29 is 9.18 Å². The summed E-state index contributed by atoms with van der Waals surface area (Å²) < 4.78 is 13.8. The number of benzene rings is 1. The van der Waals surface area contributed by atoms with Crippen LogP contribution in [0.25, 0.3) is 10.9 Å². The molecule has 0 spiro atoms. The number of H-pyrrole nitrogens is 1. The molecule has 3 heterocycles. The highest BCUT2D eigenvalue weighted by Crippen LogP contribution is 2.22. The predicted molar refractivity (Wildman–Crippen MR) is 116 cm³/mol. The van der Waals surface area contributed by atoms with E-state index in [0.29, 0.717) is 28.2 Å². The van der Waals surface area contributed by atoms with Crippen molar-refractivity contribution >= 4 is 46.5 Å². The summed E-state index contributed by atoms with van der Waals surface area (Å²) in [6.07, 6.45) is 2.99. The molecule has 4 N–H and O–H groups in total. The van der Waals surface area contributed by atoms with E-state index in [2.05, 4.69) is 30.9 Å².